The van der Waals surface area contributed by atoms with Gasteiger partial charge in [-0.25, -0.2) is 19.2 Å². The molecule has 16 heteroatoms. The molecular weight excluding hydrogens is 1040 g/mol. The van der Waals surface area contributed by atoms with Crippen molar-refractivity contribution in [3.05, 3.63) is 144 Å². The van der Waals surface area contributed by atoms with Crippen molar-refractivity contribution in [3.8, 4) is 0 Å². The molecule has 1 aliphatic heterocycles. The molecule has 0 aromatic heterocycles. The second-order valence-electron chi connectivity index (χ2n) is 22.0. The molecule has 1 aliphatic rings. The van der Waals surface area contributed by atoms with Gasteiger partial charge in [0.1, 0.15) is 26.4 Å². The molecule has 0 saturated carbocycles. The molecule has 1 heterocycles. The van der Waals surface area contributed by atoms with Gasteiger partial charge in [-0.1, -0.05) is 173 Å². The van der Waals surface area contributed by atoms with Crippen molar-refractivity contribution in [2.45, 2.75) is 148 Å². The highest BCUT2D eigenvalue weighted by atomic mass is 16.6. The third kappa shape index (κ3) is 34.9. The van der Waals surface area contributed by atoms with Crippen molar-refractivity contribution in [1.82, 2.24) is 40.9 Å². The number of alkyl carbamates (subject to hydrolysis) is 4. The second kappa shape index (κ2) is 45.3. The molecule has 4 aromatic carbocycles. The number of carbonyl (C=O) groups is 4. The minimum absolute atomic E-state index is 0.275. The summed E-state index contributed by atoms with van der Waals surface area (Å²) in [7, 11) is 0. The van der Waals surface area contributed by atoms with Gasteiger partial charge in [-0.15, -0.1) is 0 Å². The van der Waals surface area contributed by atoms with E-state index in [1.165, 1.54) is 0 Å². The van der Waals surface area contributed by atoms with Crippen LogP contribution in [0.15, 0.2) is 121 Å². The van der Waals surface area contributed by atoms with Crippen LogP contribution in [0.1, 0.15) is 144 Å². The van der Waals surface area contributed by atoms with Crippen LogP contribution in [-0.4, -0.2) is 149 Å². The Morgan fingerprint density at radius 3 is 0.711 bits per heavy atom. The van der Waals surface area contributed by atoms with Crippen LogP contribution in [0.2, 0.25) is 0 Å². The minimum Gasteiger partial charge on any atom is -0.445 e. The van der Waals surface area contributed by atoms with Gasteiger partial charge in [-0.2, -0.15) is 0 Å². The molecule has 4 aromatic rings. The fourth-order valence-corrected chi connectivity index (χ4v) is 10.3. The van der Waals surface area contributed by atoms with Crippen LogP contribution < -0.4 is 21.3 Å². The van der Waals surface area contributed by atoms with Crippen LogP contribution in [-0.2, 0) is 45.4 Å². The highest BCUT2D eigenvalue weighted by molar-refractivity contribution is 5.68. The maximum Gasteiger partial charge on any atom is 0.407 e. The summed E-state index contributed by atoms with van der Waals surface area (Å²) in [6, 6.07) is 39.1. The van der Waals surface area contributed by atoms with E-state index in [4.69, 9.17) is 18.9 Å². The van der Waals surface area contributed by atoms with Crippen molar-refractivity contribution in [3.63, 3.8) is 0 Å². The number of rotatable bonds is 36. The summed E-state index contributed by atoms with van der Waals surface area (Å²) in [6.07, 6.45) is 18.9. The fraction of sp³-hybridized carbons (Fsp3) is 0.582. The van der Waals surface area contributed by atoms with E-state index in [0.29, 0.717) is 26.2 Å². The predicted octanol–water partition coefficient (Wildman–Crippen LogP) is 12.3. The molecule has 458 valence electrons. The standard InChI is InChI=1S/C67H102N8O8/c76-64(80-56-60-32-13-9-14-33-60)68-40-21-1-5-25-44-72-48-29-49-73(45-26-6-2-22-41-69-65(77)81-57-61-34-15-10-16-35-61)51-31-53-75(47-28-8-4-24-43-71-67(79)83-59-63-38-19-12-20-39-63)55-54-74(52-30-50-72)46-27-7-3-23-42-70-66(78)82-58-62-36-17-11-18-37-62/h9-20,32-39H,1-8,21-31,40-59H2,(H,68,76)(H,69,77)(H,70,78)(H,71,79). The van der Waals surface area contributed by atoms with Gasteiger partial charge < -0.3 is 59.8 Å². The van der Waals surface area contributed by atoms with Crippen LogP contribution in [0.3, 0.4) is 0 Å². The molecule has 1 saturated heterocycles. The molecule has 16 nitrogen and oxygen atoms in total. The number of benzene rings is 4. The first-order chi connectivity index (χ1) is 40.9. The Morgan fingerprint density at radius 1 is 0.277 bits per heavy atom. The Balaban J connectivity index is 1.09. The first kappa shape index (κ1) is 67.6. The number of carbonyl (C=O) groups excluding carboxylic acids is 4. The number of unbranched alkanes of at least 4 members (excludes halogenated alkanes) is 12. The van der Waals surface area contributed by atoms with E-state index < -0.39 is 0 Å². The highest BCUT2D eigenvalue weighted by Crippen LogP contribution is 2.12. The average molecular weight is 1150 g/mol. The minimum atomic E-state index is -0.362. The molecule has 5 rings (SSSR count). The van der Waals surface area contributed by atoms with E-state index in [9.17, 15) is 19.2 Å². The zero-order valence-electron chi connectivity index (χ0n) is 50.2. The third-order valence-electron chi connectivity index (χ3n) is 15.1. The third-order valence-corrected chi connectivity index (χ3v) is 15.1. The number of nitrogens with one attached hydrogen (secondary N) is 4. The molecule has 0 radical (unpaired) electrons. The number of ether oxygens (including phenoxy) is 4. The molecule has 0 unspecified atom stereocenters. The monoisotopic (exact) mass is 1150 g/mol. The van der Waals surface area contributed by atoms with Crippen molar-refractivity contribution in [2.75, 3.05) is 105 Å². The lowest BCUT2D eigenvalue weighted by molar-refractivity contribution is 0.138. The number of nitrogens with zero attached hydrogens (tertiary/aromatic N) is 4. The maximum atomic E-state index is 12.3. The van der Waals surface area contributed by atoms with Crippen LogP contribution in [0.5, 0.6) is 0 Å². The smallest absolute Gasteiger partial charge is 0.407 e. The summed E-state index contributed by atoms with van der Waals surface area (Å²) in [4.78, 5) is 60.1. The Morgan fingerprint density at radius 2 is 0.482 bits per heavy atom. The summed E-state index contributed by atoms with van der Waals surface area (Å²) < 4.78 is 21.6. The fourth-order valence-electron chi connectivity index (χ4n) is 10.3. The van der Waals surface area contributed by atoms with E-state index in [0.717, 1.165) is 223 Å². The summed E-state index contributed by atoms with van der Waals surface area (Å²) >= 11 is 0. The number of amides is 4. The molecule has 0 atom stereocenters. The van der Waals surface area contributed by atoms with E-state index in [2.05, 4.69) is 40.9 Å². The Hall–Kier alpha value is -6.20. The summed E-state index contributed by atoms with van der Waals surface area (Å²) in [5, 5.41) is 11.7. The summed E-state index contributed by atoms with van der Waals surface area (Å²) in [5.74, 6) is 0. The SMILES string of the molecule is O=C(NCCCCCCN1CCCN(CCCCCCNC(=O)OCc2ccccc2)CCCN(CCCCCCNC(=O)OCc2ccccc2)CCN(CCCCCCNC(=O)OCc2ccccc2)CCC1)OCc1ccccc1. The second-order valence-corrected chi connectivity index (χ2v) is 22.0. The van der Waals surface area contributed by atoms with Gasteiger partial charge in [0, 0.05) is 39.3 Å². The van der Waals surface area contributed by atoms with E-state index in [-0.39, 0.29) is 50.8 Å². The zero-order valence-corrected chi connectivity index (χ0v) is 50.2. The van der Waals surface area contributed by atoms with Crippen LogP contribution in [0.4, 0.5) is 19.2 Å². The molecule has 0 bridgehead atoms. The Labute approximate surface area is 498 Å². The van der Waals surface area contributed by atoms with Crippen LogP contribution in [0, 0.1) is 0 Å². The van der Waals surface area contributed by atoms with Gasteiger partial charge in [0.2, 0.25) is 0 Å². The van der Waals surface area contributed by atoms with Crippen molar-refractivity contribution < 1.29 is 38.1 Å². The molecule has 4 amide bonds. The Bertz CT molecular complexity index is 2100. The largest absolute Gasteiger partial charge is 0.445 e. The molecule has 1 fully saturated rings. The number of hydrogen-bond donors (Lipinski definition) is 4. The predicted molar refractivity (Wildman–Crippen MR) is 332 cm³/mol. The van der Waals surface area contributed by atoms with Gasteiger partial charge in [-0.05, 0) is 158 Å². The van der Waals surface area contributed by atoms with Crippen LogP contribution >= 0.6 is 0 Å². The van der Waals surface area contributed by atoms with Gasteiger partial charge in [0.25, 0.3) is 0 Å². The lowest BCUT2D eigenvalue weighted by Crippen LogP contribution is -2.38. The van der Waals surface area contributed by atoms with E-state index in [1.54, 1.807) is 0 Å². The summed E-state index contributed by atoms with van der Waals surface area (Å²) in [5.41, 5.74) is 3.92. The molecule has 83 heavy (non-hydrogen) atoms. The topological polar surface area (TPSA) is 166 Å². The van der Waals surface area contributed by atoms with Gasteiger partial charge in [0.15, 0.2) is 0 Å². The van der Waals surface area contributed by atoms with Gasteiger partial charge in [-0.3, -0.25) is 0 Å². The lowest BCUT2D eigenvalue weighted by atomic mass is 10.1. The van der Waals surface area contributed by atoms with Crippen LogP contribution in [0.25, 0.3) is 0 Å². The van der Waals surface area contributed by atoms with E-state index in [1.807, 2.05) is 121 Å². The first-order valence-electron chi connectivity index (χ1n) is 31.6. The zero-order chi connectivity index (χ0) is 58.3. The van der Waals surface area contributed by atoms with Gasteiger partial charge >= 0.3 is 24.4 Å². The maximum absolute atomic E-state index is 12.3. The first-order valence-corrected chi connectivity index (χ1v) is 31.6. The van der Waals surface area contributed by atoms with Gasteiger partial charge in [0.05, 0.1) is 0 Å². The van der Waals surface area contributed by atoms with Crippen molar-refractivity contribution in [1.29, 1.82) is 0 Å². The van der Waals surface area contributed by atoms with Crippen molar-refractivity contribution >= 4 is 24.4 Å². The molecular formula is C67H102N8O8. The molecule has 4 N–H and O–H groups in total. The average Bonchev–Trinajstić information content (AvgIpc) is 3.51. The highest BCUT2D eigenvalue weighted by Gasteiger charge is 2.16. The molecule has 0 spiro atoms. The summed E-state index contributed by atoms with van der Waals surface area (Å²) in [6.45, 7) is 16.4. The van der Waals surface area contributed by atoms with Crippen molar-refractivity contribution in [2.24, 2.45) is 0 Å². The molecule has 0 aliphatic carbocycles. The number of hydrogen-bond acceptors (Lipinski definition) is 12. The lowest BCUT2D eigenvalue weighted by Gasteiger charge is -2.29. The van der Waals surface area contributed by atoms with E-state index >= 15 is 0 Å². The Kier molecular flexibility index (Phi) is 36.9. The normalized spacial score (nSPS) is 14.4. The quantitative estimate of drug-likeness (QED) is 0.0252.